The van der Waals surface area contributed by atoms with Crippen molar-refractivity contribution in [3.8, 4) is 0 Å². The summed E-state index contributed by atoms with van der Waals surface area (Å²) in [5, 5.41) is 0. The molecule has 0 bridgehead atoms. The summed E-state index contributed by atoms with van der Waals surface area (Å²) in [6, 6.07) is 11.4. The van der Waals surface area contributed by atoms with Gasteiger partial charge in [-0.3, -0.25) is 9.88 Å². The highest BCUT2D eigenvalue weighted by molar-refractivity contribution is 5.31. The lowest BCUT2D eigenvalue weighted by molar-refractivity contribution is 0.248. The summed E-state index contributed by atoms with van der Waals surface area (Å²) in [5.74, 6) is 0. The Hall–Kier alpha value is -1.71. The third kappa shape index (κ3) is 3.14. The first kappa shape index (κ1) is 14.2. The van der Waals surface area contributed by atoms with Crippen LogP contribution >= 0.6 is 0 Å². The Morgan fingerprint density at radius 3 is 2.76 bits per heavy atom. The van der Waals surface area contributed by atoms with E-state index in [0.29, 0.717) is 12.6 Å². The molecule has 0 radical (unpaired) electrons. The van der Waals surface area contributed by atoms with Gasteiger partial charge in [-0.25, -0.2) is 0 Å². The number of hydrogen-bond acceptors (Lipinski definition) is 3. The van der Waals surface area contributed by atoms with Crippen LogP contribution in [0.15, 0.2) is 42.7 Å². The molecule has 2 heterocycles. The van der Waals surface area contributed by atoms with Crippen molar-refractivity contribution in [3.63, 3.8) is 0 Å². The first-order valence-corrected chi connectivity index (χ1v) is 7.70. The van der Waals surface area contributed by atoms with Gasteiger partial charge in [0.2, 0.25) is 0 Å². The molecule has 1 aromatic carbocycles. The third-order valence-corrected chi connectivity index (χ3v) is 4.47. The monoisotopic (exact) mass is 281 g/mol. The summed E-state index contributed by atoms with van der Waals surface area (Å²) < 4.78 is 0. The third-order valence-electron chi connectivity index (χ3n) is 4.47. The van der Waals surface area contributed by atoms with E-state index in [2.05, 4.69) is 47.1 Å². The molecule has 0 spiro atoms. The number of likely N-dealkylation sites (tertiary alicyclic amines) is 1. The van der Waals surface area contributed by atoms with Crippen LogP contribution in [0.1, 0.15) is 41.1 Å². The Morgan fingerprint density at radius 2 is 2.05 bits per heavy atom. The fourth-order valence-corrected chi connectivity index (χ4v) is 3.26. The van der Waals surface area contributed by atoms with E-state index in [1.165, 1.54) is 41.6 Å². The van der Waals surface area contributed by atoms with Gasteiger partial charge < -0.3 is 5.73 Å². The van der Waals surface area contributed by atoms with Crippen LogP contribution in [0.2, 0.25) is 0 Å². The normalized spacial score (nSPS) is 19.0. The molecule has 3 rings (SSSR count). The Balaban J connectivity index is 1.78. The summed E-state index contributed by atoms with van der Waals surface area (Å²) >= 11 is 0. The van der Waals surface area contributed by atoms with Crippen LogP contribution < -0.4 is 5.73 Å². The molecule has 110 valence electrons. The Labute approximate surface area is 126 Å². The van der Waals surface area contributed by atoms with Crippen molar-refractivity contribution in [2.24, 2.45) is 5.73 Å². The van der Waals surface area contributed by atoms with Crippen molar-refractivity contribution in [3.05, 3.63) is 65.0 Å². The molecule has 0 saturated carbocycles. The average Bonchev–Trinajstić information content (AvgIpc) is 2.98. The summed E-state index contributed by atoms with van der Waals surface area (Å²) in [6.45, 7) is 4.99. The topological polar surface area (TPSA) is 42.1 Å². The van der Waals surface area contributed by atoms with Crippen molar-refractivity contribution in [2.75, 3.05) is 6.54 Å². The smallest absolute Gasteiger partial charge is 0.0353 e. The molecule has 3 nitrogen and oxygen atoms in total. The Kier molecular flexibility index (Phi) is 4.32. The highest BCUT2D eigenvalue weighted by Crippen LogP contribution is 2.33. The molecule has 0 aliphatic carbocycles. The molecule has 1 fully saturated rings. The fourth-order valence-electron chi connectivity index (χ4n) is 3.26. The first-order valence-electron chi connectivity index (χ1n) is 7.70. The van der Waals surface area contributed by atoms with Crippen molar-refractivity contribution >= 4 is 0 Å². The van der Waals surface area contributed by atoms with Crippen LogP contribution in [0.3, 0.4) is 0 Å². The Morgan fingerprint density at radius 1 is 1.24 bits per heavy atom. The summed E-state index contributed by atoms with van der Waals surface area (Å²) in [5.41, 5.74) is 11.1. The lowest BCUT2D eigenvalue weighted by Gasteiger charge is -2.25. The Bertz CT molecular complexity index is 595. The molecule has 2 aromatic rings. The predicted octanol–water partition coefficient (Wildman–Crippen LogP) is 3.19. The molecule has 1 unspecified atom stereocenters. The number of aryl methyl sites for hydroxylation is 1. The number of rotatable bonds is 4. The van der Waals surface area contributed by atoms with E-state index in [9.17, 15) is 0 Å². The number of hydrogen-bond donors (Lipinski definition) is 1. The van der Waals surface area contributed by atoms with E-state index in [1.807, 2.05) is 12.4 Å². The number of benzene rings is 1. The molecule has 3 heteroatoms. The van der Waals surface area contributed by atoms with Crippen molar-refractivity contribution in [1.29, 1.82) is 0 Å². The minimum atomic E-state index is 0.529. The van der Waals surface area contributed by atoms with Crippen LogP contribution in [-0.2, 0) is 13.1 Å². The average molecular weight is 281 g/mol. The van der Waals surface area contributed by atoms with E-state index in [4.69, 9.17) is 5.73 Å². The van der Waals surface area contributed by atoms with Crippen LogP contribution in [0.4, 0.5) is 0 Å². The minimum Gasteiger partial charge on any atom is -0.326 e. The zero-order valence-corrected chi connectivity index (χ0v) is 12.6. The van der Waals surface area contributed by atoms with Crippen LogP contribution in [0, 0.1) is 6.92 Å². The quantitative estimate of drug-likeness (QED) is 0.936. The van der Waals surface area contributed by atoms with Gasteiger partial charge in [0.15, 0.2) is 0 Å². The molecule has 0 amide bonds. The number of pyridine rings is 1. The van der Waals surface area contributed by atoms with Gasteiger partial charge in [-0.05, 0) is 60.7 Å². The van der Waals surface area contributed by atoms with Crippen molar-refractivity contribution < 1.29 is 0 Å². The van der Waals surface area contributed by atoms with E-state index in [-0.39, 0.29) is 0 Å². The van der Waals surface area contributed by atoms with Gasteiger partial charge in [0.1, 0.15) is 0 Å². The second-order valence-electron chi connectivity index (χ2n) is 5.87. The van der Waals surface area contributed by atoms with Gasteiger partial charge in [0, 0.05) is 31.5 Å². The first-order chi connectivity index (χ1) is 10.3. The predicted molar refractivity (Wildman–Crippen MR) is 85.7 cm³/mol. The maximum absolute atomic E-state index is 5.71. The van der Waals surface area contributed by atoms with E-state index in [0.717, 1.165) is 6.54 Å². The molecule has 2 N–H and O–H groups in total. The van der Waals surface area contributed by atoms with E-state index < -0.39 is 0 Å². The van der Waals surface area contributed by atoms with Gasteiger partial charge in [-0.2, -0.15) is 0 Å². The molecule has 1 aromatic heterocycles. The maximum Gasteiger partial charge on any atom is 0.0353 e. The van der Waals surface area contributed by atoms with Crippen LogP contribution in [0.5, 0.6) is 0 Å². The minimum absolute atomic E-state index is 0.529. The summed E-state index contributed by atoms with van der Waals surface area (Å²) in [7, 11) is 0. The van der Waals surface area contributed by atoms with Gasteiger partial charge in [-0.15, -0.1) is 0 Å². The number of nitrogens with two attached hydrogens (primary N) is 1. The second kappa shape index (κ2) is 6.37. The lowest BCUT2D eigenvalue weighted by atomic mass is 10.0. The zero-order valence-electron chi connectivity index (χ0n) is 12.6. The van der Waals surface area contributed by atoms with E-state index in [1.54, 1.807) is 0 Å². The molecular weight excluding hydrogens is 258 g/mol. The van der Waals surface area contributed by atoms with E-state index >= 15 is 0 Å². The number of aromatic nitrogens is 1. The van der Waals surface area contributed by atoms with Gasteiger partial charge in [-0.1, -0.05) is 18.2 Å². The van der Waals surface area contributed by atoms with Gasteiger partial charge in [0.25, 0.3) is 0 Å². The maximum atomic E-state index is 5.71. The van der Waals surface area contributed by atoms with Gasteiger partial charge >= 0.3 is 0 Å². The highest BCUT2D eigenvalue weighted by atomic mass is 15.2. The molecule has 1 saturated heterocycles. The molecular formula is C18H23N3. The van der Waals surface area contributed by atoms with Gasteiger partial charge in [0.05, 0.1) is 0 Å². The molecule has 1 atom stereocenters. The SMILES string of the molecule is Cc1cc(CN)ccc1CN1CCCC1c1ccncc1. The van der Waals surface area contributed by atoms with Crippen molar-refractivity contribution in [1.82, 2.24) is 9.88 Å². The molecule has 21 heavy (non-hydrogen) atoms. The zero-order chi connectivity index (χ0) is 14.7. The fraction of sp³-hybridized carbons (Fsp3) is 0.389. The highest BCUT2D eigenvalue weighted by Gasteiger charge is 2.26. The lowest BCUT2D eigenvalue weighted by Crippen LogP contribution is -2.23. The summed E-state index contributed by atoms with van der Waals surface area (Å²) in [6.07, 6.45) is 6.30. The molecule has 1 aliphatic rings. The largest absolute Gasteiger partial charge is 0.326 e. The standard InChI is InChI=1S/C18H23N3/c1-14-11-15(12-19)4-5-17(14)13-21-10-2-3-18(21)16-6-8-20-9-7-16/h4-9,11,18H,2-3,10,12-13,19H2,1H3. The van der Waals surface area contributed by atoms with Crippen LogP contribution in [0.25, 0.3) is 0 Å². The van der Waals surface area contributed by atoms with Crippen LogP contribution in [-0.4, -0.2) is 16.4 Å². The summed E-state index contributed by atoms with van der Waals surface area (Å²) in [4.78, 5) is 6.71. The van der Waals surface area contributed by atoms with Crippen molar-refractivity contribution in [2.45, 2.75) is 38.9 Å². The second-order valence-corrected chi connectivity index (χ2v) is 5.87. The number of nitrogens with zero attached hydrogens (tertiary/aromatic N) is 2. The molecule has 1 aliphatic heterocycles.